The molecule has 1 aromatic rings. The van der Waals surface area contributed by atoms with E-state index in [9.17, 15) is 17.2 Å². The number of anilines is 1. The van der Waals surface area contributed by atoms with Crippen LogP contribution in [0, 0.1) is 29.4 Å². The second-order valence-electron chi connectivity index (χ2n) is 8.20. The lowest BCUT2D eigenvalue weighted by Crippen LogP contribution is -2.37. The Morgan fingerprint density at radius 3 is 2.04 bits per heavy atom. The van der Waals surface area contributed by atoms with Crippen molar-refractivity contribution in [3.63, 3.8) is 0 Å². The zero-order chi connectivity index (χ0) is 20.5. The molecule has 3 rings (SSSR count). The van der Waals surface area contributed by atoms with E-state index in [1.165, 1.54) is 4.90 Å². The Morgan fingerprint density at radius 2 is 1.46 bits per heavy atom. The first-order valence-corrected chi connectivity index (χ1v) is 11.6. The Kier molecular flexibility index (Phi) is 6.54. The minimum atomic E-state index is -4.33. The Labute approximate surface area is 164 Å². The first kappa shape index (κ1) is 21.4. The van der Waals surface area contributed by atoms with Crippen LogP contribution in [0.15, 0.2) is 4.90 Å². The van der Waals surface area contributed by atoms with Gasteiger partial charge < -0.3 is 9.80 Å². The minimum absolute atomic E-state index is 0.175. The van der Waals surface area contributed by atoms with Crippen molar-refractivity contribution in [1.82, 2.24) is 9.88 Å². The van der Waals surface area contributed by atoms with Crippen molar-refractivity contribution in [2.24, 2.45) is 11.8 Å². The van der Waals surface area contributed by atoms with Crippen molar-refractivity contribution in [2.45, 2.75) is 44.4 Å². The summed E-state index contributed by atoms with van der Waals surface area (Å²) in [6.07, 6.45) is 3.44. The van der Waals surface area contributed by atoms with E-state index < -0.39 is 43.9 Å². The molecule has 0 bridgehead atoms. The zero-order valence-corrected chi connectivity index (χ0v) is 17.2. The fourth-order valence-electron chi connectivity index (χ4n) is 3.82. The molecule has 0 amide bonds. The van der Waals surface area contributed by atoms with Crippen molar-refractivity contribution < 1.29 is 21.6 Å². The molecule has 0 unspecified atom stereocenters. The molecule has 2 fully saturated rings. The molecule has 0 radical (unpaired) electrons. The molecule has 0 spiro atoms. The summed E-state index contributed by atoms with van der Waals surface area (Å²) in [6, 6.07) is 0. The van der Waals surface area contributed by atoms with Gasteiger partial charge in [0.25, 0.3) is 5.95 Å². The van der Waals surface area contributed by atoms with E-state index in [4.69, 9.17) is 0 Å². The van der Waals surface area contributed by atoms with Crippen LogP contribution in [0.2, 0.25) is 0 Å². The van der Waals surface area contributed by atoms with Gasteiger partial charge in [0.2, 0.25) is 0 Å². The largest absolute Gasteiger partial charge is 0.354 e. The van der Waals surface area contributed by atoms with Gasteiger partial charge in [0, 0.05) is 19.6 Å². The quantitative estimate of drug-likeness (QED) is 0.686. The summed E-state index contributed by atoms with van der Waals surface area (Å²) in [5.74, 6) is -4.39. The second-order valence-corrected chi connectivity index (χ2v) is 10.2. The number of hydrogen-bond donors (Lipinski definition) is 0. The molecule has 28 heavy (non-hydrogen) atoms. The standard InChI is InChI=1S/C19H28F3N3O2S/c1-13-3-7-24(8-4-13)11-12-28(26,27)17-15(20)18(22)23-19(16(17)21)25-9-5-14(2)6-10-25/h13-14H,3-12H2,1-2H3. The number of hydrogen-bond acceptors (Lipinski definition) is 5. The van der Waals surface area contributed by atoms with Gasteiger partial charge in [0.05, 0.1) is 5.75 Å². The number of nitrogens with zero attached hydrogens (tertiary/aromatic N) is 3. The van der Waals surface area contributed by atoms with Crippen molar-refractivity contribution in [1.29, 1.82) is 0 Å². The second kappa shape index (κ2) is 8.57. The van der Waals surface area contributed by atoms with Gasteiger partial charge in [0.1, 0.15) is 4.90 Å². The lowest BCUT2D eigenvalue weighted by Gasteiger charge is -2.32. The van der Waals surface area contributed by atoms with E-state index >= 15 is 4.39 Å². The summed E-state index contributed by atoms with van der Waals surface area (Å²) in [7, 11) is -4.33. The molecule has 0 aromatic carbocycles. The maximum absolute atomic E-state index is 15.0. The number of sulfone groups is 1. The summed E-state index contributed by atoms with van der Waals surface area (Å²) in [4.78, 5) is 5.68. The van der Waals surface area contributed by atoms with Gasteiger partial charge in [-0.1, -0.05) is 13.8 Å². The Balaban J connectivity index is 1.83. The zero-order valence-electron chi connectivity index (χ0n) is 16.4. The fourth-order valence-corrected chi connectivity index (χ4v) is 5.25. The molecular weight excluding hydrogens is 391 g/mol. The summed E-state index contributed by atoms with van der Waals surface area (Å²) in [5.41, 5.74) is 0. The maximum atomic E-state index is 15.0. The molecule has 1 aromatic heterocycles. The molecule has 2 aliphatic rings. The number of piperidine rings is 2. The van der Waals surface area contributed by atoms with Gasteiger partial charge in [-0.2, -0.15) is 9.37 Å². The molecule has 0 N–H and O–H groups in total. The molecule has 2 saturated heterocycles. The molecular formula is C19H28F3N3O2S. The van der Waals surface area contributed by atoms with Crippen molar-refractivity contribution in [3.8, 4) is 0 Å². The van der Waals surface area contributed by atoms with Gasteiger partial charge in [0.15, 0.2) is 27.3 Å². The molecule has 0 saturated carbocycles. The van der Waals surface area contributed by atoms with E-state index in [-0.39, 0.29) is 6.54 Å². The molecule has 158 valence electrons. The van der Waals surface area contributed by atoms with Crippen LogP contribution in [-0.4, -0.2) is 56.8 Å². The molecule has 5 nitrogen and oxygen atoms in total. The topological polar surface area (TPSA) is 53.5 Å². The Hall–Kier alpha value is -1.35. The average molecular weight is 420 g/mol. The van der Waals surface area contributed by atoms with Gasteiger partial charge in [-0.3, -0.25) is 0 Å². The van der Waals surface area contributed by atoms with Crippen LogP contribution in [0.1, 0.15) is 39.5 Å². The van der Waals surface area contributed by atoms with Gasteiger partial charge in [-0.15, -0.1) is 0 Å². The number of rotatable bonds is 5. The highest BCUT2D eigenvalue weighted by Gasteiger charge is 2.33. The number of aromatic nitrogens is 1. The molecule has 2 aliphatic heterocycles. The Bertz CT molecular complexity index is 803. The van der Waals surface area contributed by atoms with Crippen LogP contribution in [0.3, 0.4) is 0 Å². The number of halogens is 3. The first-order valence-electron chi connectivity index (χ1n) is 9.93. The molecule has 3 heterocycles. The highest BCUT2D eigenvalue weighted by Crippen LogP contribution is 2.31. The van der Waals surface area contributed by atoms with E-state index in [1.807, 2.05) is 4.90 Å². The van der Waals surface area contributed by atoms with Crippen molar-refractivity contribution in [3.05, 3.63) is 17.6 Å². The lowest BCUT2D eigenvalue weighted by molar-refractivity contribution is 0.202. The van der Waals surface area contributed by atoms with Crippen LogP contribution in [-0.2, 0) is 9.84 Å². The van der Waals surface area contributed by atoms with E-state index in [0.29, 0.717) is 24.9 Å². The Morgan fingerprint density at radius 1 is 0.929 bits per heavy atom. The fraction of sp³-hybridized carbons (Fsp3) is 0.737. The third-order valence-corrected chi connectivity index (χ3v) is 7.63. The van der Waals surface area contributed by atoms with E-state index in [1.54, 1.807) is 0 Å². The minimum Gasteiger partial charge on any atom is -0.354 e. The molecule has 9 heteroatoms. The first-order chi connectivity index (χ1) is 13.2. The predicted octanol–water partition coefficient (Wildman–Crippen LogP) is 3.24. The van der Waals surface area contributed by atoms with Gasteiger partial charge >= 0.3 is 0 Å². The lowest BCUT2D eigenvalue weighted by atomic mass is 9.99. The number of pyridine rings is 1. The smallest absolute Gasteiger partial charge is 0.252 e. The average Bonchev–Trinajstić information content (AvgIpc) is 2.65. The van der Waals surface area contributed by atoms with Crippen LogP contribution < -0.4 is 4.90 Å². The SMILES string of the molecule is CC1CCN(CCS(=O)(=O)c2c(F)c(F)nc(N3CCC(C)CC3)c2F)CC1. The highest BCUT2D eigenvalue weighted by molar-refractivity contribution is 7.91. The van der Waals surface area contributed by atoms with E-state index in [0.717, 1.165) is 38.8 Å². The van der Waals surface area contributed by atoms with Crippen LogP contribution in [0.4, 0.5) is 19.0 Å². The highest BCUT2D eigenvalue weighted by atomic mass is 32.2. The normalized spacial score (nSPS) is 20.7. The summed E-state index contributed by atoms with van der Waals surface area (Å²) >= 11 is 0. The third kappa shape index (κ3) is 4.62. The third-order valence-electron chi connectivity index (χ3n) is 5.93. The van der Waals surface area contributed by atoms with Crippen molar-refractivity contribution in [2.75, 3.05) is 43.4 Å². The van der Waals surface area contributed by atoms with Gasteiger partial charge in [-0.05, 0) is 50.6 Å². The predicted molar refractivity (Wildman–Crippen MR) is 102 cm³/mol. The summed E-state index contributed by atoms with van der Waals surface area (Å²) < 4.78 is 68.8. The summed E-state index contributed by atoms with van der Waals surface area (Å²) in [6.45, 7) is 6.75. The molecule has 0 atom stereocenters. The van der Waals surface area contributed by atoms with Crippen LogP contribution >= 0.6 is 0 Å². The van der Waals surface area contributed by atoms with Crippen LogP contribution in [0.25, 0.3) is 0 Å². The van der Waals surface area contributed by atoms with Crippen LogP contribution in [0.5, 0.6) is 0 Å². The van der Waals surface area contributed by atoms with Gasteiger partial charge in [-0.25, -0.2) is 17.2 Å². The maximum Gasteiger partial charge on any atom is 0.252 e. The van der Waals surface area contributed by atoms with Crippen molar-refractivity contribution >= 4 is 15.7 Å². The monoisotopic (exact) mass is 419 g/mol. The summed E-state index contributed by atoms with van der Waals surface area (Å²) in [5, 5.41) is 0. The number of likely N-dealkylation sites (tertiary alicyclic amines) is 1. The van der Waals surface area contributed by atoms with E-state index in [2.05, 4.69) is 18.8 Å². The molecule has 0 aliphatic carbocycles.